The van der Waals surface area contributed by atoms with Crippen molar-refractivity contribution in [2.24, 2.45) is 0 Å². The molecule has 0 saturated carbocycles. The molecular weight excluding hydrogens is 218 g/mol. The summed E-state index contributed by atoms with van der Waals surface area (Å²) in [5.74, 6) is 0.546. The smallest absolute Gasteiger partial charge is 0.284 e. The molecule has 86 valence electrons. The molecule has 1 aliphatic rings. The summed E-state index contributed by atoms with van der Waals surface area (Å²) in [4.78, 5) is 16.4. The summed E-state index contributed by atoms with van der Waals surface area (Å²) in [6.07, 6.45) is 1.52. The highest BCUT2D eigenvalue weighted by atomic mass is 16.1. The Morgan fingerprint density at radius 1 is 1.18 bits per heavy atom. The Bertz CT molecular complexity index is 607. The van der Waals surface area contributed by atoms with Crippen molar-refractivity contribution in [3.63, 3.8) is 0 Å². The Kier molecular flexibility index (Phi) is 2.09. The molecule has 2 heterocycles. The minimum atomic E-state index is -0.127. The van der Waals surface area contributed by atoms with Crippen LogP contribution in [-0.4, -0.2) is 21.7 Å². The van der Waals surface area contributed by atoms with E-state index in [0.717, 1.165) is 5.69 Å². The van der Waals surface area contributed by atoms with Gasteiger partial charge in [0.05, 0.1) is 5.69 Å². The maximum Gasteiger partial charge on any atom is 0.284 e. The number of para-hydroxylation sites is 1. The number of hydrogen-bond acceptors (Lipinski definition) is 5. The summed E-state index contributed by atoms with van der Waals surface area (Å²) in [5, 5.41) is 1.59. The molecule has 0 atom stereocenters. The molecule has 2 aromatic rings. The monoisotopic (exact) mass is 229 g/mol. The predicted molar refractivity (Wildman–Crippen MR) is 64.8 cm³/mol. The van der Waals surface area contributed by atoms with Crippen molar-refractivity contribution in [1.82, 2.24) is 14.7 Å². The molecule has 0 aliphatic carbocycles. The Hall–Kier alpha value is -2.34. The van der Waals surface area contributed by atoms with Crippen LogP contribution in [0, 0.1) is 0 Å². The van der Waals surface area contributed by atoms with E-state index in [2.05, 4.69) is 15.8 Å². The summed E-state index contributed by atoms with van der Waals surface area (Å²) in [6, 6.07) is 9.39. The number of fused-ring (bicyclic) bond motifs is 1. The molecule has 1 aliphatic heterocycles. The SMILES string of the molecule is CN1Nc2ncn(-c3ccccc3)c(=O)c2N1. The molecule has 0 radical (unpaired) electrons. The molecule has 1 aromatic carbocycles. The predicted octanol–water partition coefficient (Wildman–Crippen LogP) is 0.832. The van der Waals surface area contributed by atoms with Crippen LogP contribution in [0.4, 0.5) is 11.5 Å². The van der Waals surface area contributed by atoms with E-state index in [-0.39, 0.29) is 5.56 Å². The van der Waals surface area contributed by atoms with Crippen molar-refractivity contribution in [2.75, 3.05) is 17.9 Å². The van der Waals surface area contributed by atoms with Gasteiger partial charge < -0.3 is 0 Å². The number of benzene rings is 1. The third-order valence-electron chi connectivity index (χ3n) is 2.56. The van der Waals surface area contributed by atoms with Crippen LogP contribution in [0.3, 0.4) is 0 Å². The Labute approximate surface area is 97.5 Å². The number of nitrogens with zero attached hydrogens (tertiary/aromatic N) is 3. The molecule has 0 unspecified atom stereocenters. The van der Waals surface area contributed by atoms with E-state index in [1.807, 2.05) is 30.3 Å². The number of rotatable bonds is 1. The minimum Gasteiger partial charge on any atom is -0.293 e. The second-order valence-electron chi connectivity index (χ2n) is 3.76. The fraction of sp³-hybridized carbons (Fsp3) is 0.0909. The number of aromatic nitrogens is 2. The Balaban J connectivity index is 2.16. The second-order valence-corrected chi connectivity index (χ2v) is 3.76. The average Bonchev–Trinajstić information content (AvgIpc) is 2.72. The van der Waals surface area contributed by atoms with E-state index in [0.29, 0.717) is 11.5 Å². The quantitative estimate of drug-likeness (QED) is 0.758. The van der Waals surface area contributed by atoms with E-state index < -0.39 is 0 Å². The molecule has 0 bridgehead atoms. The molecule has 3 rings (SSSR count). The molecule has 17 heavy (non-hydrogen) atoms. The Morgan fingerprint density at radius 3 is 2.71 bits per heavy atom. The van der Waals surface area contributed by atoms with E-state index in [1.165, 1.54) is 10.9 Å². The zero-order chi connectivity index (χ0) is 11.8. The summed E-state index contributed by atoms with van der Waals surface area (Å²) in [6.45, 7) is 0. The molecule has 0 spiro atoms. The molecule has 6 nitrogen and oxygen atoms in total. The van der Waals surface area contributed by atoms with E-state index in [9.17, 15) is 4.79 Å². The third-order valence-corrected chi connectivity index (χ3v) is 2.56. The van der Waals surface area contributed by atoms with Crippen LogP contribution in [0.15, 0.2) is 41.5 Å². The second kappa shape index (κ2) is 3.60. The number of hydrogen-bond donors (Lipinski definition) is 2. The van der Waals surface area contributed by atoms with Crippen molar-refractivity contribution in [3.8, 4) is 5.69 Å². The van der Waals surface area contributed by atoms with Gasteiger partial charge in [-0.15, -0.1) is 5.12 Å². The molecule has 6 heteroatoms. The van der Waals surface area contributed by atoms with Gasteiger partial charge in [-0.2, -0.15) is 0 Å². The summed E-state index contributed by atoms with van der Waals surface area (Å²) in [5.41, 5.74) is 6.94. The number of hydrazine groups is 2. The standard InChI is InChI=1S/C11H11N5O/c1-15-13-9-10(14-15)12-7-16(11(9)17)8-5-3-2-4-6-8/h2-7,13-14H,1H3. The van der Waals surface area contributed by atoms with Crippen LogP contribution in [-0.2, 0) is 0 Å². The van der Waals surface area contributed by atoms with Gasteiger partial charge >= 0.3 is 0 Å². The van der Waals surface area contributed by atoms with Gasteiger partial charge in [0.25, 0.3) is 5.56 Å². The van der Waals surface area contributed by atoms with Gasteiger partial charge in [-0.3, -0.25) is 20.2 Å². The zero-order valence-corrected chi connectivity index (χ0v) is 9.21. The van der Waals surface area contributed by atoms with Crippen LogP contribution >= 0.6 is 0 Å². The highest BCUT2D eigenvalue weighted by Crippen LogP contribution is 2.20. The van der Waals surface area contributed by atoms with Crippen LogP contribution in [0.5, 0.6) is 0 Å². The van der Waals surface area contributed by atoms with Crippen molar-refractivity contribution in [3.05, 3.63) is 47.0 Å². The van der Waals surface area contributed by atoms with Crippen molar-refractivity contribution in [2.45, 2.75) is 0 Å². The van der Waals surface area contributed by atoms with Crippen molar-refractivity contribution in [1.29, 1.82) is 0 Å². The molecule has 2 N–H and O–H groups in total. The summed E-state index contributed by atoms with van der Waals surface area (Å²) >= 11 is 0. The van der Waals surface area contributed by atoms with E-state index >= 15 is 0 Å². The van der Waals surface area contributed by atoms with Gasteiger partial charge in [-0.1, -0.05) is 18.2 Å². The van der Waals surface area contributed by atoms with E-state index in [4.69, 9.17) is 0 Å². The lowest BCUT2D eigenvalue weighted by molar-refractivity contribution is 0.505. The molecule has 1 aromatic heterocycles. The third kappa shape index (κ3) is 1.55. The average molecular weight is 229 g/mol. The minimum absolute atomic E-state index is 0.127. The van der Waals surface area contributed by atoms with Gasteiger partial charge in [0, 0.05) is 7.05 Å². The topological polar surface area (TPSA) is 62.2 Å². The van der Waals surface area contributed by atoms with Crippen LogP contribution in [0.25, 0.3) is 5.69 Å². The lowest BCUT2D eigenvalue weighted by atomic mass is 10.3. The fourth-order valence-corrected chi connectivity index (χ4v) is 1.77. The summed E-state index contributed by atoms with van der Waals surface area (Å²) in [7, 11) is 1.77. The zero-order valence-electron chi connectivity index (χ0n) is 9.21. The van der Waals surface area contributed by atoms with Crippen LogP contribution < -0.4 is 16.4 Å². The maximum absolute atomic E-state index is 12.2. The van der Waals surface area contributed by atoms with Gasteiger partial charge in [0.1, 0.15) is 6.33 Å². The van der Waals surface area contributed by atoms with Crippen LogP contribution in [0.2, 0.25) is 0 Å². The van der Waals surface area contributed by atoms with Crippen molar-refractivity contribution < 1.29 is 0 Å². The first kappa shape index (κ1) is 9.86. The van der Waals surface area contributed by atoms with Gasteiger partial charge in [-0.05, 0) is 12.1 Å². The number of nitrogens with one attached hydrogen (secondary N) is 2. The lowest BCUT2D eigenvalue weighted by Crippen LogP contribution is -2.26. The number of anilines is 2. The van der Waals surface area contributed by atoms with Crippen molar-refractivity contribution >= 4 is 11.5 Å². The summed E-state index contributed by atoms with van der Waals surface area (Å²) < 4.78 is 1.51. The normalized spacial score (nSPS) is 13.9. The van der Waals surface area contributed by atoms with Gasteiger partial charge in [-0.25, -0.2) is 4.98 Å². The molecular formula is C11H11N5O. The van der Waals surface area contributed by atoms with Crippen LogP contribution in [0.1, 0.15) is 0 Å². The van der Waals surface area contributed by atoms with E-state index in [1.54, 1.807) is 12.2 Å². The highest BCUT2D eigenvalue weighted by Gasteiger charge is 2.20. The first-order chi connectivity index (χ1) is 8.25. The largest absolute Gasteiger partial charge is 0.293 e. The first-order valence-electron chi connectivity index (χ1n) is 5.20. The van der Waals surface area contributed by atoms with Gasteiger partial charge in [0.2, 0.25) is 0 Å². The first-order valence-corrected chi connectivity index (χ1v) is 5.20. The highest BCUT2D eigenvalue weighted by molar-refractivity contribution is 5.66. The maximum atomic E-state index is 12.2. The fourth-order valence-electron chi connectivity index (χ4n) is 1.77. The lowest BCUT2D eigenvalue weighted by Gasteiger charge is -2.06. The Morgan fingerprint density at radius 2 is 1.94 bits per heavy atom. The molecule has 0 amide bonds. The van der Waals surface area contributed by atoms with Gasteiger partial charge in [0.15, 0.2) is 11.5 Å². The molecule has 0 fully saturated rings. The molecule has 0 saturated heterocycles.